The van der Waals surface area contributed by atoms with Crippen molar-refractivity contribution in [3.8, 4) is 0 Å². The number of carbonyl (C=O) groups is 1. The van der Waals surface area contributed by atoms with Gasteiger partial charge in [0.1, 0.15) is 0 Å². The molecule has 0 bridgehead atoms. The van der Waals surface area contributed by atoms with E-state index < -0.39 is 12.0 Å². The molecule has 1 aromatic rings. The van der Waals surface area contributed by atoms with Gasteiger partial charge in [-0.2, -0.15) is 5.10 Å². The molecule has 1 atom stereocenters. The number of nitrogens with zero attached hydrogens (tertiary/aromatic N) is 1. The van der Waals surface area contributed by atoms with Crippen molar-refractivity contribution in [3.63, 3.8) is 0 Å². The number of amides is 1. The molecule has 1 aliphatic carbocycles. The fourth-order valence-corrected chi connectivity index (χ4v) is 2.80. The molecule has 1 amide bonds. The maximum Gasteiger partial charge on any atom is 0.273 e. The Hall–Kier alpha value is -1.68. The van der Waals surface area contributed by atoms with Crippen LogP contribution in [0.25, 0.3) is 0 Å². The van der Waals surface area contributed by atoms with E-state index in [9.17, 15) is 9.90 Å². The van der Waals surface area contributed by atoms with Gasteiger partial charge < -0.3 is 5.11 Å². The first-order valence-corrected chi connectivity index (χ1v) is 7.79. The molecule has 21 heavy (non-hydrogen) atoms. The average Bonchev–Trinajstić information content (AvgIpc) is 2.54. The third kappa shape index (κ3) is 4.67. The van der Waals surface area contributed by atoms with E-state index in [0.29, 0.717) is 5.56 Å². The van der Waals surface area contributed by atoms with Gasteiger partial charge in [-0.3, -0.25) is 4.79 Å². The first-order chi connectivity index (χ1) is 10.2. The van der Waals surface area contributed by atoms with Crippen LogP contribution in [0.2, 0.25) is 0 Å². The van der Waals surface area contributed by atoms with Gasteiger partial charge in [-0.1, -0.05) is 50.1 Å². The number of aliphatic hydroxyl groups is 1. The summed E-state index contributed by atoms with van der Waals surface area (Å²) in [5, 5.41) is 14.1. The summed E-state index contributed by atoms with van der Waals surface area (Å²) in [5.74, 6) is 0.337. The van der Waals surface area contributed by atoms with Crippen molar-refractivity contribution in [2.45, 2.75) is 51.6 Å². The van der Waals surface area contributed by atoms with Gasteiger partial charge in [0.15, 0.2) is 6.10 Å². The fraction of sp³-hybridized carbons (Fsp3) is 0.529. The highest BCUT2D eigenvalue weighted by Crippen LogP contribution is 2.25. The number of hydrogen-bond acceptors (Lipinski definition) is 3. The van der Waals surface area contributed by atoms with Gasteiger partial charge in [-0.05, 0) is 37.2 Å². The summed E-state index contributed by atoms with van der Waals surface area (Å²) in [6.45, 7) is 2.22. The highest BCUT2D eigenvalue weighted by Gasteiger charge is 2.19. The minimum Gasteiger partial charge on any atom is -0.378 e. The number of carbonyl (C=O) groups excluding carboxylic acids is 1. The molecule has 0 aromatic heterocycles. The normalized spacial score (nSPS) is 19.9. The van der Waals surface area contributed by atoms with Gasteiger partial charge in [0.2, 0.25) is 0 Å². The van der Waals surface area contributed by atoms with Crippen molar-refractivity contribution in [1.82, 2.24) is 5.43 Å². The summed E-state index contributed by atoms with van der Waals surface area (Å²) in [5.41, 5.74) is 4.12. The predicted molar refractivity (Wildman–Crippen MR) is 83.8 cm³/mol. The van der Waals surface area contributed by atoms with E-state index >= 15 is 0 Å². The number of hydrazone groups is 1. The summed E-state index contributed by atoms with van der Waals surface area (Å²) in [6.07, 6.45) is 5.57. The first-order valence-electron chi connectivity index (χ1n) is 7.79. The molecule has 1 aromatic carbocycles. The molecule has 1 unspecified atom stereocenters. The number of rotatable bonds is 5. The van der Waals surface area contributed by atoms with Crippen molar-refractivity contribution < 1.29 is 9.90 Å². The largest absolute Gasteiger partial charge is 0.378 e. The Morgan fingerprint density at radius 1 is 1.33 bits per heavy atom. The molecule has 4 nitrogen and oxygen atoms in total. The maximum atomic E-state index is 11.9. The van der Waals surface area contributed by atoms with Crippen molar-refractivity contribution in [2.24, 2.45) is 11.0 Å². The molecular formula is C17H24N2O2. The summed E-state index contributed by atoms with van der Waals surface area (Å²) >= 11 is 0. The number of benzene rings is 1. The Morgan fingerprint density at radius 2 is 2.00 bits per heavy atom. The van der Waals surface area contributed by atoms with E-state index in [0.717, 1.165) is 37.3 Å². The lowest BCUT2D eigenvalue weighted by Crippen LogP contribution is -2.27. The zero-order valence-electron chi connectivity index (χ0n) is 12.6. The van der Waals surface area contributed by atoms with Gasteiger partial charge in [0, 0.05) is 5.71 Å². The van der Waals surface area contributed by atoms with Gasteiger partial charge in [-0.15, -0.1) is 0 Å². The molecule has 1 saturated carbocycles. The lowest BCUT2D eigenvalue weighted by atomic mass is 9.85. The maximum absolute atomic E-state index is 11.9. The highest BCUT2D eigenvalue weighted by molar-refractivity contribution is 5.88. The Bertz CT molecular complexity index is 475. The minimum absolute atomic E-state index is 0.468. The number of hydrogen-bond donors (Lipinski definition) is 2. The Kier molecular flexibility index (Phi) is 5.93. The van der Waals surface area contributed by atoms with Gasteiger partial charge in [0.05, 0.1) is 0 Å². The topological polar surface area (TPSA) is 61.7 Å². The molecule has 0 radical (unpaired) electrons. The average molecular weight is 288 g/mol. The molecule has 114 valence electrons. The molecule has 0 spiro atoms. The van der Waals surface area contributed by atoms with E-state index in [4.69, 9.17) is 0 Å². The van der Waals surface area contributed by atoms with Gasteiger partial charge in [-0.25, -0.2) is 5.43 Å². The second kappa shape index (κ2) is 7.93. The number of nitrogens with one attached hydrogen (secondary N) is 1. The van der Waals surface area contributed by atoms with Crippen LogP contribution in [0.15, 0.2) is 35.4 Å². The molecule has 1 fully saturated rings. The van der Waals surface area contributed by atoms with E-state index in [2.05, 4.69) is 17.5 Å². The van der Waals surface area contributed by atoms with Crippen molar-refractivity contribution in [3.05, 3.63) is 35.9 Å². The second-order valence-electron chi connectivity index (χ2n) is 5.70. The van der Waals surface area contributed by atoms with E-state index in [-0.39, 0.29) is 0 Å². The second-order valence-corrected chi connectivity index (χ2v) is 5.70. The van der Waals surface area contributed by atoms with Crippen molar-refractivity contribution >= 4 is 11.6 Å². The lowest BCUT2D eigenvalue weighted by Gasteiger charge is -2.22. The van der Waals surface area contributed by atoms with Gasteiger partial charge >= 0.3 is 0 Å². The molecule has 2 rings (SSSR count). The standard InChI is InChI=1S/C17H24N2O2/c1-2-6-13-9-11-15(12-10-13)18-19-17(21)16(20)14-7-4-3-5-8-14/h3-5,7-8,13,16,20H,2,6,9-12H2,1H3,(H,19,21). The summed E-state index contributed by atoms with van der Waals surface area (Å²) in [7, 11) is 0. The summed E-state index contributed by atoms with van der Waals surface area (Å²) in [6, 6.07) is 8.91. The SMILES string of the molecule is CCCC1CCC(=NNC(=O)C(O)c2ccccc2)CC1. The van der Waals surface area contributed by atoms with Crippen LogP contribution in [-0.2, 0) is 4.79 Å². The molecule has 0 aliphatic heterocycles. The first kappa shape index (κ1) is 15.7. The van der Waals surface area contributed by atoms with E-state index in [1.165, 1.54) is 12.8 Å². The van der Waals surface area contributed by atoms with Crippen LogP contribution >= 0.6 is 0 Å². The molecule has 2 N–H and O–H groups in total. The van der Waals surface area contributed by atoms with Crippen LogP contribution in [0, 0.1) is 5.92 Å². The zero-order chi connectivity index (χ0) is 15.1. The predicted octanol–water partition coefficient (Wildman–Crippen LogP) is 3.18. The summed E-state index contributed by atoms with van der Waals surface area (Å²) < 4.78 is 0. The minimum atomic E-state index is -1.16. The smallest absolute Gasteiger partial charge is 0.273 e. The van der Waals surface area contributed by atoms with Crippen LogP contribution in [0.5, 0.6) is 0 Å². The van der Waals surface area contributed by atoms with Crippen LogP contribution in [0.1, 0.15) is 57.1 Å². The monoisotopic (exact) mass is 288 g/mol. The molecular weight excluding hydrogens is 264 g/mol. The van der Waals surface area contributed by atoms with Crippen molar-refractivity contribution in [2.75, 3.05) is 0 Å². The Labute approximate surface area is 126 Å². The van der Waals surface area contributed by atoms with Crippen LogP contribution < -0.4 is 5.43 Å². The molecule has 0 heterocycles. The van der Waals surface area contributed by atoms with E-state index in [1.807, 2.05) is 6.07 Å². The fourth-order valence-electron chi connectivity index (χ4n) is 2.80. The Morgan fingerprint density at radius 3 is 2.62 bits per heavy atom. The van der Waals surface area contributed by atoms with Crippen LogP contribution in [-0.4, -0.2) is 16.7 Å². The van der Waals surface area contributed by atoms with E-state index in [1.54, 1.807) is 24.3 Å². The highest BCUT2D eigenvalue weighted by atomic mass is 16.3. The summed E-state index contributed by atoms with van der Waals surface area (Å²) in [4.78, 5) is 11.9. The van der Waals surface area contributed by atoms with Crippen molar-refractivity contribution in [1.29, 1.82) is 0 Å². The number of aliphatic hydroxyl groups excluding tert-OH is 1. The van der Waals surface area contributed by atoms with Crippen LogP contribution in [0.3, 0.4) is 0 Å². The molecule has 4 heteroatoms. The third-order valence-corrected chi connectivity index (χ3v) is 4.07. The van der Waals surface area contributed by atoms with Gasteiger partial charge in [0.25, 0.3) is 5.91 Å². The lowest BCUT2D eigenvalue weighted by molar-refractivity contribution is -0.129. The Balaban J connectivity index is 1.82. The molecule has 0 saturated heterocycles. The quantitative estimate of drug-likeness (QED) is 0.817. The zero-order valence-corrected chi connectivity index (χ0v) is 12.6. The third-order valence-electron chi connectivity index (χ3n) is 4.07. The molecule has 1 aliphatic rings. The van der Waals surface area contributed by atoms with Crippen LogP contribution in [0.4, 0.5) is 0 Å².